The number of carbonyl (C=O) groups excluding carboxylic acids is 1. The number of alkyl halides is 3. The molecule has 0 aromatic heterocycles. The van der Waals surface area contributed by atoms with Crippen molar-refractivity contribution in [2.45, 2.75) is 39.4 Å². The van der Waals surface area contributed by atoms with Crippen molar-refractivity contribution in [1.29, 1.82) is 0 Å². The summed E-state index contributed by atoms with van der Waals surface area (Å²) < 4.78 is 46.0. The van der Waals surface area contributed by atoms with Gasteiger partial charge in [0.15, 0.2) is 0 Å². The number of benzene rings is 3. The standard InChI is InChI=1S/C32H37F3N2O3/c1-21(2)16-37(31(39)23-10-8-22(3)9-11-23)19-26-18-36(17-25-12-13-28(40-4)15-30(25)38)20-29(26)24-6-5-7-27(14-24)32(33,34)35/h5-15,21,26,29,38H,16-20H2,1-4H3/t26-,29-/m0/s1. The van der Waals surface area contributed by atoms with Crippen LogP contribution in [0.1, 0.15) is 52.4 Å². The summed E-state index contributed by atoms with van der Waals surface area (Å²) in [4.78, 5) is 17.6. The van der Waals surface area contributed by atoms with E-state index in [4.69, 9.17) is 4.74 Å². The summed E-state index contributed by atoms with van der Waals surface area (Å²) in [6, 6.07) is 18.1. The van der Waals surface area contributed by atoms with Crippen molar-refractivity contribution in [3.05, 3.63) is 94.5 Å². The summed E-state index contributed by atoms with van der Waals surface area (Å²) in [6.45, 7) is 8.52. The number of ether oxygens (including phenoxy) is 1. The maximum atomic E-state index is 13.6. The van der Waals surface area contributed by atoms with Gasteiger partial charge in [-0.25, -0.2) is 0 Å². The lowest BCUT2D eigenvalue weighted by molar-refractivity contribution is -0.137. The number of amides is 1. The molecule has 1 saturated heterocycles. The fraction of sp³-hybridized carbons (Fsp3) is 0.406. The van der Waals surface area contributed by atoms with Gasteiger partial charge in [0.2, 0.25) is 0 Å². The third-order valence-corrected chi connectivity index (χ3v) is 7.47. The van der Waals surface area contributed by atoms with Crippen LogP contribution in [-0.4, -0.2) is 54.1 Å². The van der Waals surface area contributed by atoms with Gasteiger partial charge in [-0.15, -0.1) is 0 Å². The molecule has 1 amide bonds. The van der Waals surface area contributed by atoms with Gasteiger partial charge in [-0.3, -0.25) is 9.69 Å². The van der Waals surface area contributed by atoms with E-state index >= 15 is 0 Å². The van der Waals surface area contributed by atoms with E-state index in [2.05, 4.69) is 4.90 Å². The molecule has 40 heavy (non-hydrogen) atoms. The summed E-state index contributed by atoms with van der Waals surface area (Å²) in [7, 11) is 1.53. The van der Waals surface area contributed by atoms with Gasteiger partial charge in [0, 0.05) is 55.8 Å². The lowest BCUT2D eigenvalue weighted by Crippen LogP contribution is -2.39. The van der Waals surface area contributed by atoms with Crippen molar-refractivity contribution in [2.24, 2.45) is 11.8 Å². The first kappa shape index (κ1) is 29.5. The number of phenolic OH excluding ortho intramolecular Hbond substituents is 1. The molecule has 1 heterocycles. The molecule has 0 saturated carbocycles. The van der Waals surface area contributed by atoms with E-state index < -0.39 is 11.7 Å². The number of hydrogen-bond donors (Lipinski definition) is 1. The minimum atomic E-state index is -4.44. The van der Waals surface area contributed by atoms with Crippen molar-refractivity contribution < 1.29 is 27.8 Å². The van der Waals surface area contributed by atoms with Crippen LogP contribution in [-0.2, 0) is 12.7 Å². The van der Waals surface area contributed by atoms with Crippen LogP contribution in [0, 0.1) is 18.8 Å². The van der Waals surface area contributed by atoms with Crippen molar-refractivity contribution in [3.8, 4) is 11.5 Å². The van der Waals surface area contributed by atoms with Crippen LogP contribution in [0.15, 0.2) is 66.7 Å². The highest BCUT2D eigenvalue weighted by Crippen LogP contribution is 2.38. The van der Waals surface area contributed by atoms with Crippen molar-refractivity contribution >= 4 is 5.91 Å². The van der Waals surface area contributed by atoms with Crippen molar-refractivity contribution in [3.63, 3.8) is 0 Å². The lowest BCUT2D eigenvalue weighted by Gasteiger charge is -2.30. The fourth-order valence-electron chi connectivity index (χ4n) is 5.49. The molecule has 2 atom stereocenters. The molecule has 0 radical (unpaired) electrons. The lowest BCUT2D eigenvalue weighted by atomic mass is 9.87. The summed E-state index contributed by atoms with van der Waals surface area (Å²) in [6.07, 6.45) is -4.44. The number of aromatic hydroxyl groups is 1. The molecule has 4 rings (SSSR count). The molecule has 0 unspecified atom stereocenters. The second-order valence-corrected chi connectivity index (χ2v) is 11.1. The summed E-state index contributed by atoms with van der Waals surface area (Å²) >= 11 is 0. The van der Waals surface area contributed by atoms with Gasteiger partial charge in [-0.1, -0.05) is 55.8 Å². The Labute approximate surface area is 234 Å². The highest BCUT2D eigenvalue weighted by molar-refractivity contribution is 5.94. The molecule has 3 aromatic rings. The van der Waals surface area contributed by atoms with Crippen LogP contribution in [0.25, 0.3) is 0 Å². The maximum Gasteiger partial charge on any atom is 0.416 e. The molecular formula is C32H37F3N2O3. The molecule has 8 heteroatoms. The summed E-state index contributed by atoms with van der Waals surface area (Å²) in [5, 5.41) is 10.5. The van der Waals surface area contributed by atoms with E-state index in [0.29, 0.717) is 55.2 Å². The van der Waals surface area contributed by atoms with Gasteiger partial charge >= 0.3 is 6.18 Å². The van der Waals surface area contributed by atoms with Gasteiger partial charge in [-0.05, 0) is 48.6 Å². The first-order valence-corrected chi connectivity index (χ1v) is 13.6. The quantitative estimate of drug-likeness (QED) is 0.318. The van der Waals surface area contributed by atoms with Crippen LogP contribution >= 0.6 is 0 Å². The third-order valence-electron chi connectivity index (χ3n) is 7.47. The van der Waals surface area contributed by atoms with Crippen molar-refractivity contribution in [1.82, 2.24) is 9.80 Å². The predicted octanol–water partition coefficient (Wildman–Crippen LogP) is 6.74. The SMILES string of the molecule is COc1ccc(CN2C[C@@H](CN(CC(C)C)C(=O)c3ccc(C)cc3)[C@H](c3cccc(C(F)(F)F)c3)C2)c(O)c1. The molecule has 5 nitrogen and oxygen atoms in total. The van der Waals surface area contributed by atoms with Gasteiger partial charge in [0.05, 0.1) is 12.7 Å². The number of rotatable bonds is 9. The molecule has 1 aliphatic heterocycles. The van der Waals surface area contributed by atoms with E-state index in [1.54, 1.807) is 24.3 Å². The van der Waals surface area contributed by atoms with Gasteiger partial charge in [0.1, 0.15) is 11.5 Å². The first-order chi connectivity index (χ1) is 18.9. The normalized spacial score (nSPS) is 17.8. The maximum absolute atomic E-state index is 13.6. The second-order valence-electron chi connectivity index (χ2n) is 11.1. The van der Waals surface area contributed by atoms with Gasteiger partial charge in [-0.2, -0.15) is 13.2 Å². The van der Waals surface area contributed by atoms with Crippen LogP contribution in [0.4, 0.5) is 13.2 Å². The number of halogens is 3. The number of nitrogens with zero attached hydrogens (tertiary/aromatic N) is 2. The predicted molar refractivity (Wildman–Crippen MR) is 150 cm³/mol. The Kier molecular flexibility index (Phi) is 9.08. The largest absolute Gasteiger partial charge is 0.507 e. The zero-order valence-corrected chi connectivity index (χ0v) is 23.4. The molecule has 1 fully saturated rings. The molecule has 0 spiro atoms. The molecule has 0 aliphatic carbocycles. The number of hydrogen-bond acceptors (Lipinski definition) is 4. The van der Waals surface area contributed by atoms with Crippen LogP contribution in [0.2, 0.25) is 0 Å². The van der Waals surface area contributed by atoms with E-state index in [9.17, 15) is 23.1 Å². The zero-order chi connectivity index (χ0) is 29.0. The summed E-state index contributed by atoms with van der Waals surface area (Å²) in [5.41, 5.74) is 2.29. The molecular weight excluding hydrogens is 517 g/mol. The number of aryl methyl sites for hydroxylation is 1. The number of carbonyl (C=O) groups is 1. The minimum absolute atomic E-state index is 0.0808. The summed E-state index contributed by atoms with van der Waals surface area (Å²) in [5.74, 6) is 0.467. The average Bonchev–Trinajstić information content (AvgIpc) is 3.31. The zero-order valence-electron chi connectivity index (χ0n) is 23.4. The van der Waals surface area contributed by atoms with E-state index in [0.717, 1.165) is 11.6 Å². The Bertz CT molecular complexity index is 1310. The monoisotopic (exact) mass is 554 g/mol. The number of phenols is 1. The Morgan fingerprint density at radius 2 is 1.80 bits per heavy atom. The Morgan fingerprint density at radius 1 is 1.07 bits per heavy atom. The van der Waals surface area contributed by atoms with Crippen molar-refractivity contribution in [2.75, 3.05) is 33.3 Å². The second kappa shape index (κ2) is 12.3. The molecule has 3 aromatic carbocycles. The van der Waals surface area contributed by atoms with E-state index in [-0.39, 0.29) is 29.4 Å². The van der Waals surface area contributed by atoms with Crippen LogP contribution in [0.5, 0.6) is 11.5 Å². The topological polar surface area (TPSA) is 53.0 Å². The van der Waals surface area contributed by atoms with Gasteiger partial charge in [0.25, 0.3) is 5.91 Å². The van der Waals surface area contributed by atoms with Gasteiger partial charge < -0.3 is 14.7 Å². The van der Waals surface area contributed by atoms with Crippen LogP contribution in [0.3, 0.4) is 0 Å². The smallest absolute Gasteiger partial charge is 0.416 e. The Morgan fingerprint density at radius 3 is 2.42 bits per heavy atom. The fourth-order valence-corrected chi connectivity index (χ4v) is 5.49. The Balaban J connectivity index is 1.64. The molecule has 1 N–H and O–H groups in total. The molecule has 214 valence electrons. The van der Waals surface area contributed by atoms with E-state index in [1.807, 2.05) is 49.9 Å². The minimum Gasteiger partial charge on any atom is -0.507 e. The Hall–Kier alpha value is -3.52. The van der Waals surface area contributed by atoms with E-state index in [1.165, 1.54) is 19.2 Å². The number of likely N-dealkylation sites (tertiary alicyclic amines) is 1. The highest BCUT2D eigenvalue weighted by Gasteiger charge is 2.38. The molecule has 0 bridgehead atoms. The highest BCUT2D eigenvalue weighted by atomic mass is 19.4. The third kappa shape index (κ3) is 7.16. The number of methoxy groups -OCH3 is 1. The average molecular weight is 555 g/mol. The van der Waals surface area contributed by atoms with Crippen LogP contribution < -0.4 is 4.74 Å². The molecule has 1 aliphatic rings. The first-order valence-electron chi connectivity index (χ1n) is 13.6.